The summed E-state index contributed by atoms with van der Waals surface area (Å²) in [6.45, 7) is 12.1. The Bertz CT molecular complexity index is 986. The van der Waals surface area contributed by atoms with Crippen LogP contribution in [0, 0.1) is 16.7 Å². The van der Waals surface area contributed by atoms with Gasteiger partial charge in [0.15, 0.2) is 5.60 Å². The first-order valence-electron chi connectivity index (χ1n) is 11.2. The Hall–Kier alpha value is -2.86. The number of rotatable bonds is 7. The minimum Gasteiger partial charge on any atom is -0.507 e. The Labute approximate surface area is 195 Å². The number of esters is 2. The van der Waals surface area contributed by atoms with Gasteiger partial charge >= 0.3 is 11.9 Å². The first-order valence-corrected chi connectivity index (χ1v) is 11.2. The molecule has 6 heteroatoms. The average molecular weight is 455 g/mol. The molecule has 0 aliphatic carbocycles. The molecule has 0 spiro atoms. The summed E-state index contributed by atoms with van der Waals surface area (Å²) in [6, 6.07) is 14.4. The Balaban J connectivity index is 1.87. The van der Waals surface area contributed by atoms with Gasteiger partial charge in [0.2, 0.25) is 0 Å². The summed E-state index contributed by atoms with van der Waals surface area (Å²) < 4.78 is 17.5. The van der Waals surface area contributed by atoms with Crippen molar-refractivity contribution in [1.82, 2.24) is 0 Å². The molecule has 2 aromatic carbocycles. The molecule has 0 saturated carbocycles. The molecule has 0 bridgehead atoms. The van der Waals surface area contributed by atoms with E-state index in [-0.39, 0.29) is 47.2 Å². The van der Waals surface area contributed by atoms with E-state index in [2.05, 4.69) is 0 Å². The predicted molar refractivity (Wildman–Crippen MR) is 125 cm³/mol. The van der Waals surface area contributed by atoms with Crippen LogP contribution in [0.5, 0.6) is 5.75 Å². The van der Waals surface area contributed by atoms with Gasteiger partial charge < -0.3 is 19.3 Å². The molecule has 0 amide bonds. The minimum atomic E-state index is -1.34. The van der Waals surface area contributed by atoms with Crippen molar-refractivity contribution in [2.45, 2.75) is 53.8 Å². The molecule has 2 aromatic rings. The molecular formula is C27H34O6. The van der Waals surface area contributed by atoms with Gasteiger partial charge in [0.25, 0.3) is 0 Å². The third kappa shape index (κ3) is 5.38. The Kier molecular flexibility index (Phi) is 6.89. The van der Waals surface area contributed by atoms with Crippen LogP contribution < -0.4 is 0 Å². The molecule has 0 aromatic heterocycles. The van der Waals surface area contributed by atoms with Crippen molar-refractivity contribution in [3.8, 4) is 5.75 Å². The summed E-state index contributed by atoms with van der Waals surface area (Å²) in [5, 5.41) is 10.3. The van der Waals surface area contributed by atoms with Crippen LogP contribution in [0.2, 0.25) is 0 Å². The van der Waals surface area contributed by atoms with E-state index in [1.165, 1.54) is 6.07 Å². The molecule has 178 valence electrons. The summed E-state index contributed by atoms with van der Waals surface area (Å²) in [6.07, 6.45) is 0. The van der Waals surface area contributed by atoms with E-state index in [1.54, 1.807) is 12.1 Å². The van der Waals surface area contributed by atoms with E-state index >= 15 is 0 Å². The number of cyclic esters (lactones) is 1. The maximum absolute atomic E-state index is 13.2. The first-order chi connectivity index (χ1) is 15.3. The quantitative estimate of drug-likeness (QED) is 0.577. The number of benzene rings is 2. The van der Waals surface area contributed by atoms with Gasteiger partial charge in [-0.25, -0.2) is 4.79 Å². The molecule has 3 rings (SSSR count). The molecule has 0 radical (unpaired) electrons. The SMILES string of the molecule is CC(C)(C)C(C(=O)OC[C@@]1(COCc2ccccc2)OC(=O)c2c(O)cccc21)C(C)(C)C. The summed E-state index contributed by atoms with van der Waals surface area (Å²) in [5.74, 6) is -1.57. The number of phenolic OH excluding ortho intramolecular Hbond substituents is 1. The molecule has 1 atom stereocenters. The average Bonchev–Trinajstić information content (AvgIpc) is 2.98. The van der Waals surface area contributed by atoms with E-state index in [0.717, 1.165) is 5.56 Å². The normalized spacial score (nSPS) is 18.2. The number of hydrogen-bond donors (Lipinski definition) is 1. The van der Waals surface area contributed by atoms with Gasteiger partial charge in [-0.1, -0.05) is 84.0 Å². The van der Waals surface area contributed by atoms with Crippen molar-refractivity contribution in [1.29, 1.82) is 0 Å². The molecular weight excluding hydrogens is 420 g/mol. The van der Waals surface area contributed by atoms with Gasteiger partial charge in [-0.3, -0.25) is 4.79 Å². The molecule has 0 fully saturated rings. The van der Waals surface area contributed by atoms with Crippen LogP contribution in [0.3, 0.4) is 0 Å². The van der Waals surface area contributed by atoms with Gasteiger partial charge in [-0.15, -0.1) is 0 Å². The lowest BCUT2D eigenvalue weighted by Crippen LogP contribution is -2.43. The second-order valence-corrected chi connectivity index (χ2v) is 10.8. The number of carbonyl (C=O) groups excluding carboxylic acids is 2. The smallest absolute Gasteiger partial charge is 0.343 e. The highest BCUT2D eigenvalue weighted by Gasteiger charge is 2.50. The Morgan fingerprint density at radius 2 is 1.61 bits per heavy atom. The van der Waals surface area contributed by atoms with Crippen LogP contribution >= 0.6 is 0 Å². The molecule has 1 aliphatic heterocycles. The van der Waals surface area contributed by atoms with Crippen molar-refractivity contribution < 1.29 is 28.9 Å². The van der Waals surface area contributed by atoms with E-state index in [4.69, 9.17) is 14.2 Å². The van der Waals surface area contributed by atoms with Crippen LogP contribution in [0.1, 0.15) is 63.0 Å². The zero-order valence-corrected chi connectivity index (χ0v) is 20.3. The third-order valence-electron chi connectivity index (χ3n) is 5.89. The highest BCUT2D eigenvalue weighted by atomic mass is 16.6. The molecule has 0 saturated heterocycles. The maximum atomic E-state index is 13.2. The van der Waals surface area contributed by atoms with Crippen LogP contribution in [0.15, 0.2) is 48.5 Å². The van der Waals surface area contributed by atoms with Crippen LogP contribution in [-0.2, 0) is 31.2 Å². The number of ether oxygens (including phenoxy) is 3. The van der Waals surface area contributed by atoms with Gasteiger partial charge in [-0.2, -0.15) is 0 Å². The van der Waals surface area contributed by atoms with Crippen molar-refractivity contribution in [2.75, 3.05) is 13.2 Å². The van der Waals surface area contributed by atoms with Crippen molar-refractivity contribution >= 4 is 11.9 Å². The van der Waals surface area contributed by atoms with Gasteiger partial charge in [0, 0.05) is 5.56 Å². The zero-order valence-electron chi connectivity index (χ0n) is 20.3. The monoisotopic (exact) mass is 454 g/mol. The summed E-state index contributed by atoms with van der Waals surface area (Å²) >= 11 is 0. The van der Waals surface area contributed by atoms with Gasteiger partial charge in [0.05, 0.1) is 19.1 Å². The van der Waals surface area contributed by atoms with Gasteiger partial charge in [0.1, 0.15) is 17.9 Å². The number of carbonyl (C=O) groups is 2. The van der Waals surface area contributed by atoms with Crippen LogP contribution in [-0.4, -0.2) is 30.3 Å². The highest BCUT2D eigenvalue weighted by molar-refractivity contribution is 5.97. The van der Waals surface area contributed by atoms with Crippen LogP contribution in [0.4, 0.5) is 0 Å². The lowest BCUT2D eigenvalue weighted by Gasteiger charge is -2.39. The Morgan fingerprint density at radius 1 is 0.970 bits per heavy atom. The van der Waals surface area contributed by atoms with E-state index in [0.29, 0.717) is 12.2 Å². The molecule has 1 N–H and O–H groups in total. The maximum Gasteiger partial charge on any atom is 0.343 e. The standard InChI is InChI=1S/C27H34O6/c1-25(2,3)22(26(4,5)6)24(30)32-17-27(16-31-15-18-11-8-7-9-12-18)19-13-10-14-20(28)21(19)23(29)33-27/h7-14,22,28H,15-17H2,1-6H3/t27-/m1/s1. The number of phenols is 1. The molecule has 0 unspecified atom stereocenters. The van der Waals surface area contributed by atoms with Crippen molar-refractivity contribution in [2.24, 2.45) is 16.7 Å². The topological polar surface area (TPSA) is 82.1 Å². The molecule has 33 heavy (non-hydrogen) atoms. The van der Waals surface area contributed by atoms with E-state index < -0.39 is 11.6 Å². The summed E-state index contributed by atoms with van der Waals surface area (Å²) in [7, 11) is 0. The molecule has 1 heterocycles. The molecule has 1 aliphatic rings. The second-order valence-electron chi connectivity index (χ2n) is 10.8. The highest BCUT2D eigenvalue weighted by Crippen LogP contribution is 2.43. The van der Waals surface area contributed by atoms with E-state index in [1.807, 2.05) is 71.9 Å². The van der Waals surface area contributed by atoms with Crippen molar-refractivity contribution in [3.63, 3.8) is 0 Å². The summed E-state index contributed by atoms with van der Waals surface area (Å²) in [4.78, 5) is 25.9. The number of aromatic hydroxyl groups is 1. The Morgan fingerprint density at radius 3 is 2.21 bits per heavy atom. The predicted octanol–water partition coefficient (Wildman–Crippen LogP) is 5.23. The fraction of sp³-hybridized carbons (Fsp3) is 0.481. The second kappa shape index (κ2) is 9.18. The fourth-order valence-corrected chi connectivity index (χ4v) is 4.86. The lowest BCUT2D eigenvalue weighted by molar-refractivity contribution is -0.170. The molecule has 6 nitrogen and oxygen atoms in total. The first kappa shape index (κ1) is 24.8. The largest absolute Gasteiger partial charge is 0.507 e. The number of fused-ring (bicyclic) bond motifs is 1. The summed E-state index contributed by atoms with van der Waals surface area (Å²) in [5.41, 5.74) is -0.485. The number of hydrogen-bond acceptors (Lipinski definition) is 6. The van der Waals surface area contributed by atoms with Crippen LogP contribution in [0.25, 0.3) is 0 Å². The zero-order chi connectivity index (χ0) is 24.4. The third-order valence-corrected chi connectivity index (χ3v) is 5.89. The lowest BCUT2D eigenvalue weighted by atomic mass is 9.67. The fourth-order valence-electron chi connectivity index (χ4n) is 4.86. The minimum absolute atomic E-state index is 0.0208. The van der Waals surface area contributed by atoms with E-state index in [9.17, 15) is 14.7 Å². The van der Waals surface area contributed by atoms with Crippen molar-refractivity contribution in [3.05, 3.63) is 65.2 Å². The van der Waals surface area contributed by atoms with Gasteiger partial charge in [-0.05, 0) is 22.5 Å².